The van der Waals surface area contributed by atoms with Crippen molar-refractivity contribution in [3.05, 3.63) is 35.9 Å². The highest BCUT2D eigenvalue weighted by molar-refractivity contribution is 5.89. The molecule has 5 nitrogen and oxygen atoms in total. The second-order valence-corrected chi connectivity index (χ2v) is 4.19. The minimum atomic E-state index is -0.488. The Morgan fingerprint density at radius 2 is 1.89 bits per heavy atom. The van der Waals surface area contributed by atoms with Crippen molar-refractivity contribution in [3.8, 4) is 0 Å². The highest BCUT2D eigenvalue weighted by atomic mass is 16.5. The number of amides is 1. The second kappa shape index (κ2) is 6.76. The zero-order valence-corrected chi connectivity index (χ0v) is 10.4. The number of carbonyl (C=O) groups is 2. The first-order valence-corrected chi connectivity index (χ1v) is 5.74. The van der Waals surface area contributed by atoms with E-state index in [2.05, 4.69) is 0 Å². The molecule has 0 aliphatic heterocycles. The SMILES string of the molecule is CC(CC(C)C(=O)NO)OC(=O)c1ccccc1. The highest BCUT2D eigenvalue weighted by Crippen LogP contribution is 2.11. The van der Waals surface area contributed by atoms with Crippen LogP contribution in [0.25, 0.3) is 0 Å². The van der Waals surface area contributed by atoms with E-state index < -0.39 is 23.9 Å². The summed E-state index contributed by atoms with van der Waals surface area (Å²) < 4.78 is 5.20. The standard InChI is InChI=1S/C13H17NO4/c1-9(12(15)14-17)8-10(2)18-13(16)11-6-4-3-5-7-11/h3-7,9-10,17H,8H2,1-2H3,(H,14,15). The molecular weight excluding hydrogens is 234 g/mol. The molecule has 98 valence electrons. The molecule has 0 heterocycles. The summed E-state index contributed by atoms with van der Waals surface area (Å²) in [6, 6.07) is 8.65. The molecule has 0 radical (unpaired) electrons. The quantitative estimate of drug-likeness (QED) is 0.475. The lowest BCUT2D eigenvalue weighted by molar-refractivity contribution is -0.133. The predicted molar refractivity (Wildman–Crippen MR) is 65.0 cm³/mol. The Balaban J connectivity index is 2.48. The minimum Gasteiger partial charge on any atom is -0.459 e. The fraction of sp³-hybridized carbons (Fsp3) is 0.385. The van der Waals surface area contributed by atoms with E-state index in [4.69, 9.17) is 9.94 Å². The van der Waals surface area contributed by atoms with Gasteiger partial charge in [0, 0.05) is 5.92 Å². The summed E-state index contributed by atoms with van der Waals surface area (Å²) in [6.07, 6.45) is -0.0460. The average Bonchev–Trinajstić information content (AvgIpc) is 2.38. The molecule has 2 unspecified atom stereocenters. The lowest BCUT2D eigenvalue weighted by Crippen LogP contribution is -2.29. The third-order valence-corrected chi connectivity index (χ3v) is 2.56. The van der Waals surface area contributed by atoms with Gasteiger partial charge in [0.1, 0.15) is 6.10 Å². The number of hydrogen-bond acceptors (Lipinski definition) is 4. The molecule has 0 aliphatic rings. The predicted octanol–water partition coefficient (Wildman–Crippen LogP) is 1.76. The monoisotopic (exact) mass is 251 g/mol. The van der Waals surface area contributed by atoms with Crippen LogP contribution in [-0.4, -0.2) is 23.2 Å². The summed E-state index contributed by atoms with van der Waals surface area (Å²) in [4.78, 5) is 22.8. The van der Waals surface area contributed by atoms with Crippen LogP contribution in [0, 0.1) is 5.92 Å². The van der Waals surface area contributed by atoms with E-state index in [0.29, 0.717) is 12.0 Å². The highest BCUT2D eigenvalue weighted by Gasteiger charge is 2.18. The Morgan fingerprint density at radius 3 is 2.44 bits per heavy atom. The molecule has 0 spiro atoms. The third-order valence-electron chi connectivity index (χ3n) is 2.56. The summed E-state index contributed by atoms with van der Waals surface area (Å²) in [5.41, 5.74) is 2.05. The maximum Gasteiger partial charge on any atom is 0.338 e. The van der Waals surface area contributed by atoms with Crippen molar-refractivity contribution in [3.63, 3.8) is 0 Å². The summed E-state index contributed by atoms with van der Waals surface area (Å²) in [5, 5.41) is 8.47. The number of hydroxylamine groups is 1. The van der Waals surface area contributed by atoms with Crippen molar-refractivity contribution in [1.82, 2.24) is 5.48 Å². The molecule has 1 aromatic carbocycles. The van der Waals surface area contributed by atoms with Crippen LogP contribution in [0.2, 0.25) is 0 Å². The smallest absolute Gasteiger partial charge is 0.338 e. The Morgan fingerprint density at radius 1 is 1.28 bits per heavy atom. The van der Waals surface area contributed by atoms with Gasteiger partial charge in [0.2, 0.25) is 5.91 Å². The van der Waals surface area contributed by atoms with Gasteiger partial charge in [0.05, 0.1) is 5.56 Å². The lowest BCUT2D eigenvalue weighted by atomic mass is 10.0. The zero-order valence-electron chi connectivity index (χ0n) is 10.4. The molecule has 5 heteroatoms. The van der Waals surface area contributed by atoms with Crippen LogP contribution in [0.5, 0.6) is 0 Å². The van der Waals surface area contributed by atoms with Crippen LogP contribution in [0.4, 0.5) is 0 Å². The van der Waals surface area contributed by atoms with Crippen LogP contribution >= 0.6 is 0 Å². The van der Waals surface area contributed by atoms with Crippen molar-refractivity contribution >= 4 is 11.9 Å². The number of rotatable bonds is 5. The van der Waals surface area contributed by atoms with Crippen LogP contribution < -0.4 is 5.48 Å². The first kappa shape index (κ1) is 14.2. The van der Waals surface area contributed by atoms with Crippen molar-refractivity contribution in [1.29, 1.82) is 0 Å². The number of carbonyl (C=O) groups excluding carboxylic acids is 2. The summed E-state index contributed by atoms with van der Waals surface area (Å²) in [6.45, 7) is 3.36. The molecule has 0 aliphatic carbocycles. The number of ether oxygens (including phenoxy) is 1. The van der Waals surface area contributed by atoms with Gasteiger partial charge in [0.15, 0.2) is 0 Å². The number of hydrogen-bond donors (Lipinski definition) is 2. The molecule has 2 atom stereocenters. The summed E-state index contributed by atoms with van der Waals surface area (Å²) in [5.74, 6) is -1.33. The second-order valence-electron chi connectivity index (χ2n) is 4.19. The summed E-state index contributed by atoms with van der Waals surface area (Å²) >= 11 is 0. The van der Waals surface area contributed by atoms with E-state index in [1.165, 1.54) is 0 Å². The summed E-state index contributed by atoms with van der Waals surface area (Å²) in [7, 11) is 0. The fourth-order valence-corrected chi connectivity index (χ4v) is 1.59. The average molecular weight is 251 g/mol. The van der Waals surface area contributed by atoms with Crippen LogP contribution in [0.3, 0.4) is 0 Å². The number of nitrogens with one attached hydrogen (secondary N) is 1. The molecule has 0 aromatic heterocycles. The van der Waals surface area contributed by atoms with Crippen molar-refractivity contribution in [2.24, 2.45) is 5.92 Å². The number of benzene rings is 1. The van der Waals surface area contributed by atoms with Gasteiger partial charge < -0.3 is 4.74 Å². The lowest BCUT2D eigenvalue weighted by Gasteiger charge is -2.16. The van der Waals surface area contributed by atoms with Gasteiger partial charge in [-0.25, -0.2) is 10.3 Å². The Labute approximate surface area is 106 Å². The van der Waals surface area contributed by atoms with E-state index in [9.17, 15) is 9.59 Å². The molecule has 2 N–H and O–H groups in total. The van der Waals surface area contributed by atoms with E-state index >= 15 is 0 Å². The largest absolute Gasteiger partial charge is 0.459 e. The third kappa shape index (κ3) is 4.18. The van der Waals surface area contributed by atoms with Crippen molar-refractivity contribution < 1.29 is 19.5 Å². The molecule has 0 saturated heterocycles. The first-order chi connectivity index (χ1) is 8.54. The van der Waals surface area contributed by atoms with E-state index in [1.807, 2.05) is 6.07 Å². The Kier molecular flexibility index (Phi) is 5.32. The van der Waals surface area contributed by atoms with Crippen LogP contribution in [0.15, 0.2) is 30.3 Å². The molecule has 1 amide bonds. The van der Waals surface area contributed by atoms with Gasteiger partial charge in [-0.05, 0) is 25.5 Å². The van der Waals surface area contributed by atoms with E-state index in [1.54, 1.807) is 43.6 Å². The molecule has 18 heavy (non-hydrogen) atoms. The van der Waals surface area contributed by atoms with Gasteiger partial charge in [-0.2, -0.15) is 0 Å². The van der Waals surface area contributed by atoms with Crippen molar-refractivity contribution in [2.45, 2.75) is 26.4 Å². The zero-order chi connectivity index (χ0) is 13.5. The maximum atomic E-state index is 11.7. The van der Waals surface area contributed by atoms with Gasteiger partial charge in [0.25, 0.3) is 0 Å². The fourth-order valence-electron chi connectivity index (χ4n) is 1.59. The van der Waals surface area contributed by atoms with Crippen LogP contribution in [-0.2, 0) is 9.53 Å². The topological polar surface area (TPSA) is 75.6 Å². The van der Waals surface area contributed by atoms with Gasteiger partial charge >= 0.3 is 5.97 Å². The van der Waals surface area contributed by atoms with Gasteiger partial charge in [-0.3, -0.25) is 10.0 Å². The normalized spacial score (nSPS) is 13.5. The molecule has 1 rings (SSSR count). The maximum absolute atomic E-state index is 11.7. The molecule has 1 aromatic rings. The minimum absolute atomic E-state index is 0.352. The van der Waals surface area contributed by atoms with Gasteiger partial charge in [-0.15, -0.1) is 0 Å². The molecular formula is C13H17NO4. The van der Waals surface area contributed by atoms with Crippen LogP contribution in [0.1, 0.15) is 30.6 Å². The Bertz CT molecular complexity index is 405. The Hall–Kier alpha value is -1.88. The van der Waals surface area contributed by atoms with E-state index in [0.717, 1.165) is 0 Å². The number of esters is 1. The molecule has 0 saturated carbocycles. The molecule has 0 bridgehead atoms. The molecule has 0 fully saturated rings. The van der Waals surface area contributed by atoms with Gasteiger partial charge in [-0.1, -0.05) is 25.1 Å². The van der Waals surface area contributed by atoms with E-state index in [-0.39, 0.29) is 0 Å². The first-order valence-electron chi connectivity index (χ1n) is 5.74. The van der Waals surface area contributed by atoms with Crippen molar-refractivity contribution in [2.75, 3.05) is 0 Å².